The molecule has 3 nitrogen and oxygen atoms in total. The summed E-state index contributed by atoms with van der Waals surface area (Å²) in [5.74, 6) is 0. The van der Waals surface area contributed by atoms with Gasteiger partial charge in [-0.05, 0) is 46.0 Å². The first kappa shape index (κ1) is 15.8. The number of nitrogens with one attached hydrogen (secondary N) is 1. The minimum atomic E-state index is 0.303. The molecule has 0 aromatic carbocycles. The fourth-order valence-corrected chi connectivity index (χ4v) is 4.56. The number of nitrogens with zero attached hydrogens (tertiary/aromatic N) is 1. The van der Waals surface area contributed by atoms with Crippen LogP contribution >= 0.6 is 0 Å². The molecule has 3 heteroatoms. The maximum Gasteiger partial charge on any atom is 0.0706 e. The van der Waals surface area contributed by atoms with Crippen LogP contribution in [0.2, 0.25) is 0 Å². The highest BCUT2D eigenvalue weighted by atomic mass is 16.5. The Balaban J connectivity index is 1.69. The molecule has 3 fully saturated rings. The van der Waals surface area contributed by atoms with Crippen LogP contribution in [0, 0.1) is 0 Å². The van der Waals surface area contributed by atoms with Crippen LogP contribution in [0.5, 0.6) is 0 Å². The third kappa shape index (κ3) is 3.30. The van der Waals surface area contributed by atoms with Gasteiger partial charge in [0.2, 0.25) is 0 Å². The van der Waals surface area contributed by atoms with Gasteiger partial charge in [-0.1, -0.05) is 26.2 Å². The van der Waals surface area contributed by atoms with Gasteiger partial charge in [0.1, 0.15) is 0 Å². The molecule has 3 atom stereocenters. The van der Waals surface area contributed by atoms with Crippen LogP contribution in [0.1, 0.15) is 72.1 Å². The number of rotatable bonds is 3. The van der Waals surface area contributed by atoms with Crippen LogP contribution in [-0.4, -0.2) is 47.8 Å². The Kier molecular flexibility index (Phi) is 4.63. The molecular weight excluding hydrogens is 260 g/mol. The minimum Gasteiger partial charge on any atom is -0.374 e. The first-order valence-electron chi connectivity index (χ1n) is 9.21. The molecule has 1 N–H and O–H groups in total. The molecule has 0 aromatic heterocycles. The lowest BCUT2D eigenvalue weighted by Crippen LogP contribution is -2.70. The lowest BCUT2D eigenvalue weighted by molar-refractivity contribution is -0.0426. The molecule has 3 aliphatic rings. The van der Waals surface area contributed by atoms with E-state index in [0.29, 0.717) is 23.3 Å². The van der Waals surface area contributed by atoms with Crippen LogP contribution in [-0.2, 0) is 4.74 Å². The molecule has 21 heavy (non-hydrogen) atoms. The van der Waals surface area contributed by atoms with Gasteiger partial charge >= 0.3 is 0 Å². The predicted molar refractivity (Wildman–Crippen MR) is 87.7 cm³/mol. The van der Waals surface area contributed by atoms with Gasteiger partial charge < -0.3 is 10.1 Å². The van der Waals surface area contributed by atoms with Crippen LogP contribution in [0.3, 0.4) is 0 Å². The third-order valence-electron chi connectivity index (χ3n) is 6.42. The minimum absolute atomic E-state index is 0.303. The van der Waals surface area contributed by atoms with Crippen molar-refractivity contribution in [1.29, 1.82) is 0 Å². The van der Waals surface area contributed by atoms with Gasteiger partial charge in [-0.25, -0.2) is 0 Å². The topological polar surface area (TPSA) is 24.5 Å². The second-order valence-electron chi connectivity index (χ2n) is 8.07. The van der Waals surface area contributed by atoms with E-state index < -0.39 is 0 Å². The standard InChI is InChI=1S/C18H34N2O/c1-4-17(3)13-19-18(10-6-5-7-11-18)14-20(17)12-16-9-8-15(2)21-16/h15-16,19H,4-14H2,1-3H3. The summed E-state index contributed by atoms with van der Waals surface area (Å²) in [6.45, 7) is 10.5. The van der Waals surface area contributed by atoms with Crippen molar-refractivity contribution in [1.82, 2.24) is 10.2 Å². The molecule has 2 aliphatic heterocycles. The monoisotopic (exact) mass is 294 g/mol. The first-order chi connectivity index (χ1) is 10.1. The molecule has 3 unspecified atom stereocenters. The summed E-state index contributed by atoms with van der Waals surface area (Å²) in [5, 5.41) is 3.96. The molecule has 122 valence electrons. The predicted octanol–water partition coefficient (Wildman–Crippen LogP) is 3.33. The van der Waals surface area contributed by atoms with Gasteiger partial charge in [-0.15, -0.1) is 0 Å². The fourth-order valence-electron chi connectivity index (χ4n) is 4.56. The average Bonchev–Trinajstić information content (AvgIpc) is 2.90. The lowest BCUT2D eigenvalue weighted by Gasteiger charge is -2.55. The summed E-state index contributed by atoms with van der Waals surface area (Å²) in [4.78, 5) is 2.78. The molecule has 1 saturated carbocycles. The number of hydrogen-bond donors (Lipinski definition) is 1. The highest BCUT2D eigenvalue weighted by Gasteiger charge is 2.45. The molecular formula is C18H34N2O. The van der Waals surface area contributed by atoms with Gasteiger partial charge in [0.15, 0.2) is 0 Å². The summed E-state index contributed by atoms with van der Waals surface area (Å²) >= 11 is 0. The number of ether oxygens (including phenoxy) is 1. The zero-order chi connectivity index (χ0) is 14.9. The Morgan fingerprint density at radius 2 is 1.95 bits per heavy atom. The normalized spacial score (nSPS) is 40.7. The Hall–Kier alpha value is -0.120. The van der Waals surface area contributed by atoms with Gasteiger partial charge in [0.25, 0.3) is 0 Å². The van der Waals surface area contributed by atoms with Crippen molar-refractivity contribution in [3.8, 4) is 0 Å². The molecule has 1 spiro atoms. The van der Waals surface area contributed by atoms with E-state index in [1.165, 1.54) is 57.9 Å². The Bertz CT molecular complexity index is 353. The van der Waals surface area contributed by atoms with E-state index in [2.05, 4.69) is 31.0 Å². The maximum absolute atomic E-state index is 6.12. The van der Waals surface area contributed by atoms with Crippen molar-refractivity contribution < 1.29 is 4.74 Å². The Morgan fingerprint density at radius 3 is 2.57 bits per heavy atom. The van der Waals surface area contributed by atoms with Crippen molar-refractivity contribution in [2.45, 2.75) is 95.4 Å². The summed E-state index contributed by atoms with van der Waals surface area (Å²) in [5.41, 5.74) is 0.703. The second kappa shape index (κ2) is 6.17. The Labute approximate surface area is 130 Å². The third-order valence-corrected chi connectivity index (χ3v) is 6.42. The quantitative estimate of drug-likeness (QED) is 0.864. The van der Waals surface area contributed by atoms with Crippen molar-refractivity contribution >= 4 is 0 Å². The summed E-state index contributed by atoms with van der Waals surface area (Å²) in [6.07, 6.45) is 11.6. The first-order valence-corrected chi connectivity index (χ1v) is 9.21. The molecule has 0 radical (unpaired) electrons. The molecule has 0 bridgehead atoms. The van der Waals surface area contributed by atoms with Gasteiger partial charge in [-0.2, -0.15) is 0 Å². The number of hydrogen-bond acceptors (Lipinski definition) is 3. The fraction of sp³-hybridized carbons (Fsp3) is 1.00. The van der Waals surface area contributed by atoms with Crippen LogP contribution in [0.15, 0.2) is 0 Å². The van der Waals surface area contributed by atoms with Crippen molar-refractivity contribution in [3.05, 3.63) is 0 Å². The molecule has 2 heterocycles. The SMILES string of the molecule is CCC1(C)CNC2(CCCCC2)CN1CC1CCC(C)O1. The van der Waals surface area contributed by atoms with E-state index in [1.54, 1.807) is 0 Å². The maximum atomic E-state index is 6.12. The largest absolute Gasteiger partial charge is 0.374 e. The van der Waals surface area contributed by atoms with Gasteiger partial charge in [0.05, 0.1) is 12.2 Å². The van der Waals surface area contributed by atoms with Crippen molar-refractivity contribution in [3.63, 3.8) is 0 Å². The van der Waals surface area contributed by atoms with Crippen molar-refractivity contribution in [2.75, 3.05) is 19.6 Å². The van der Waals surface area contributed by atoms with Gasteiger partial charge in [0, 0.05) is 30.7 Å². The average molecular weight is 294 g/mol. The van der Waals surface area contributed by atoms with Crippen molar-refractivity contribution in [2.24, 2.45) is 0 Å². The summed E-state index contributed by atoms with van der Waals surface area (Å²) in [7, 11) is 0. The molecule has 1 aliphatic carbocycles. The van der Waals surface area contributed by atoms with E-state index in [4.69, 9.17) is 4.74 Å². The second-order valence-corrected chi connectivity index (χ2v) is 8.07. The molecule has 0 amide bonds. The van der Waals surface area contributed by atoms with E-state index in [9.17, 15) is 0 Å². The Morgan fingerprint density at radius 1 is 1.19 bits per heavy atom. The van der Waals surface area contributed by atoms with E-state index in [-0.39, 0.29) is 0 Å². The molecule has 0 aromatic rings. The highest BCUT2D eigenvalue weighted by Crippen LogP contribution is 2.36. The van der Waals surface area contributed by atoms with Crippen LogP contribution in [0.25, 0.3) is 0 Å². The smallest absolute Gasteiger partial charge is 0.0706 e. The van der Waals surface area contributed by atoms with E-state index >= 15 is 0 Å². The highest BCUT2D eigenvalue weighted by molar-refractivity contribution is 5.04. The van der Waals surface area contributed by atoms with Crippen LogP contribution in [0.4, 0.5) is 0 Å². The molecule has 2 saturated heterocycles. The number of piperazine rings is 1. The zero-order valence-electron chi connectivity index (χ0n) is 14.3. The van der Waals surface area contributed by atoms with E-state index in [1.807, 2.05) is 0 Å². The lowest BCUT2D eigenvalue weighted by atomic mass is 9.77. The van der Waals surface area contributed by atoms with Crippen LogP contribution < -0.4 is 5.32 Å². The van der Waals surface area contributed by atoms with E-state index in [0.717, 1.165) is 13.1 Å². The summed E-state index contributed by atoms with van der Waals surface area (Å²) < 4.78 is 6.12. The zero-order valence-corrected chi connectivity index (χ0v) is 14.3. The van der Waals surface area contributed by atoms with Gasteiger partial charge in [-0.3, -0.25) is 4.90 Å². The summed E-state index contributed by atoms with van der Waals surface area (Å²) in [6, 6.07) is 0. The molecule has 3 rings (SSSR count).